The summed E-state index contributed by atoms with van der Waals surface area (Å²) < 4.78 is 33.7. The van der Waals surface area contributed by atoms with Crippen molar-refractivity contribution in [2.75, 3.05) is 39.4 Å². The molecule has 2 heterocycles. The Morgan fingerprint density at radius 1 is 1.15 bits per heavy atom. The number of hydrogen-bond donors (Lipinski definition) is 1. The summed E-state index contributed by atoms with van der Waals surface area (Å²) in [6, 6.07) is 8.01. The van der Waals surface area contributed by atoms with Crippen molar-refractivity contribution in [1.29, 1.82) is 0 Å². The van der Waals surface area contributed by atoms with Crippen molar-refractivity contribution in [2.24, 2.45) is 5.92 Å². The van der Waals surface area contributed by atoms with Crippen LogP contribution in [-0.2, 0) is 26.3 Å². The highest BCUT2D eigenvalue weighted by Crippen LogP contribution is 2.22. The first kappa shape index (κ1) is 19.3. The number of carbonyl (C=O) groups excluding carboxylic acids is 1. The maximum absolute atomic E-state index is 12.8. The molecule has 26 heavy (non-hydrogen) atoms. The predicted molar refractivity (Wildman–Crippen MR) is 98.6 cm³/mol. The number of amides is 1. The van der Waals surface area contributed by atoms with E-state index in [0.29, 0.717) is 45.8 Å². The van der Waals surface area contributed by atoms with Gasteiger partial charge in [-0.25, -0.2) is 0 Å². The topological polar surface area (TPSA) is 79.0 Å². The van der Waals surface area contributed by atoms with Gasteiger partial charge < -0.3 is 10.1 Å². The molecule has 0 aromatic heterocycles. The normalized spacial score (nSPS) is 22.9. The van der Waals surface area contributed by atoms with Crippen molar-refractivity contribution in [3.8, 4) is 0 Å². The zero-order chi connectivity index (χ0) is 18.6. The zero-order valence-corrected chi connectivity index (χ0v) is 16.0. The Bertz CT molecular complexity index is 714. The lowest BCUT2D eigenvalue weighted by molar-refractivity contribution is -0.126. The molecule has 2 saturated heterocycles. The highest BCUT2D eigenvalue weighted by molar-refractivity contribution is 7.86. The average molecular weight is 381 g/mol. The maximum atomic E-state index is 12.8. The number of aryl methyl sites for hydroxylation is 1. The van der Waals surface area contributed by atoms with E-state index >= 15 is 0 Å². The van der Waals surface area contributed by atoms with Crippen molar-refractivity contribution in [3.63, 3.8) is 0 Å². The molecule has 144 valence electrons. The summed E-state index contributed by atoms with van der Waals surface area (Å²) >= 11 is 0. The van der Waals surface area contributed by atoms with Crippen molar-refractivity contribution in [1.82, 2.24) is 13.9 Å². The van der Waals surface area contributed by atoms with Crippen LogP contribution in [0, 0.1) is 12.8 Å². The van der Waals surface area contributed by atoms with E-state index in [1.54, 1.807) is 0 Å². The first-order chi connectivity index (χ1) is 12.5. The molecule has 0 radical (unpaired) electrons. The van der Waals surface area contributed by atoms with Crippen molar-refractivity contribution in [3.05, 3.63) is 35.4 Å². The van der Waals surface area contributed by atoms with Crippen LogP contribution in [0.3, 0.4) is 0 Å². The van der Waals surface area contributed by atoms with E-state index in [4.69, 9.17) is 4.74 Å². The lowest BCUT2D eigenvalue weighted by Gasteiger charge is -2.36. The van der Waals surface area contributed by atoms with E-state index in [1.807, 2.05) is 31.2 Å². The van der Waals surface area contributed by atoms with Gasteiger partial charge in [0.05, 0.1) is 19.1 Å². The summed E-state index contributed by atoms with van der Waals surface area (Å²) in [7, 11) is -3.52. The van der Waals surface area contributed by atoms with Crippen LogP contribution in [0.15, 0.2) is 24.3 Å². The van der Waals surface area contributed by atoms with Gasteiger partial charge in [-0.3, -0.25) is 4.79 Å². The third-order valence-electron chi connectivity index (χ3n) is 4.96. The van der Waals surface area contributed by atoms with E-state index in [1.165, 1.54) is 14.2 Å². The smallest absolute Gasteiger partial charge is 0.282 e. The van der Waals surface area contributed by atoms with Crippen molar-refractivity contribution < 1.29 is 17.9 Å². The molecule has 0 bridgehead atoms. The first-order valence-corrected chi connectivity index (χ1v) is 10.5. The predicted octanol–water partition coefficient (Wildman–Crippen LogP) is 0.900. The Morgan fingerprint density at radius 3 is 2.54 bits per heavy atom. The van der Waals surface area contributed by atoms with Crippen molar-refractivity contribution in [2.45, 2.75) is 26.3 Å². The molecule has 1 amide bonds. The Labute approximate surface area is 155 Å². The molecular formula is C18H27N3O4S. The third kappa shape index (κ3) is 4.62. The summed E-state index contributed by atoms with van der Waals surface area (Å²) in [6.07, 6.45) is 1.42. The van der Waals surface area contributed by atoms with E-state index < -0.39 is 10.2 Å². The summed E-state index contributed by atoms with van der Waals surface area (Å²) in [5, 5.41) is 2.95. The number of nitrogens with one attached hydrogen (secondary N) is 1. The van der Waals surface area contributed by atoms with Gasteiger partial charge in [0.2, 0.25) is 5.91 Å². The fourth-order valence-electron chi connectivity index (χ4n) is 3.35. The Morgan fingerprint density at radius 2 is 1.85 bits per heavy atom. The van der Waals surface area contributed by atoms with Gasteiger partial charge in [-0.2, -0.15) is 17.0 Å². The Hall–Kier alpha value is -1.48. The molecule has 0 saturated carbocycles. The number of ether oxygens (including phenoxy) is 1. The van der Waals surface area contributed by atoms with Crippen LogP contribution in [0.5, 0.6) is 0 Å². The fraction of sp³-hybridized carbons (Fsp3) is 0.611. The van der Waals surface area contributed by atoms with Gasteiger partial charge >= 0.3 is 0 Å². The Balaban J connectivity index is 1.56. The molecule has 7 nitrogen and oxygen atoms in total. The lowest BCUT2D eigenvalue weighted by Crippen LogP contribution is -2.52. The number of piperidine rings is 1. The second-order valence-electron chi connectivity index (χ2n) is 6.92. The summed E-state index contributed by atoms with van der Waals surface area (Å²) in [6.45, 7) is 4.81. The van der Waals surface area contributed by atoms with E-state index in [9.17, 15) is 13.2 Å². The van der Waals surface area contributed by atoms with Gasteiger partial charge in [0.25, 0.3) is 10.2 Å². The number of carbonyl (C=O) groups is 1. The molecular weight excluding hydrogens is 354 g/mol. The molecule has 0 spiro atoms. The molecule has 1 N–H and O–H groups in total. The molecule has 2 fully saturated rings. The summed E-state index contributed by atoms with van der Waals surface area (Å²) in [5.74, 6) is -0.377. The molecule has 2 aliphatic heterocycles. The van der Waals surface area contributed by atoms with Gasteiger partial charge in [-0.1, -0.05) is 29.8 Å². The minimum atomic E-state index is -3.52. The van der Waals surface area contributed by atoms with E-state index in [2.05, 4.69) is 5.32 Å². The van der Waals surface area contributed by atoms with E-state index in [-0.39, 0.29) is 18.4 Å². The van der Waals surface area contributed by atoms with Gasteiger partial charge in [-0.05, 0) is 25.3 Å². The van der Waals surface area contributed by atoms with Gasteiger partial charge in [0, 0.05) is 32.7 Å². The number of benzene rings is 1. The highest BCUT2D eigenvalue weighted by atomic mass is 32.2. The maximum Gasteiger partial charge on any atom is 0.282 e. The highest BCUT2D eigenvalue weighted by Gasteiger charge is 2.36. The van der Waals surface area contributed by atoms with Gasteiger partial charge in [-0.15, -0.1) is 0 Å². The van der Waals surface area contributed by atoms with Crippen LogP contribution in [0.1, 0.15) is 24.0 Å². The third-order valence-corrected chi connectivity index (χ3v) is 6.97. The molecule has 0 aliphatic carbocycles. The van der Waals surface area contributed by atoms with Gasteiger partial charge in [0.15, 0.2) is 0 Å². The minimum absolute atomic E-state index is 0.0764. The second-order valence-corrected chi connectivity index (χ2v) is 8.85. The number of rotatable bonds is 5. The quantitative estimate of drug-likeness (QED) is 0.822. The van der Waals surface area contributed by atoms with Crippen LogP contribution < -0.4 is 5.32 Å². The standard InChI is InChI=1S/C18H27N3O4S/c1-15-4-6-16(7-5-15)13-19-18(22)17-3-2-8-21(14-17)26(23,24)20-9-11-25-12-10-20/h4-7,17H,2-3,8-14H2,1H3,(H,19,22)/t17-/m0/s1. The van der Waals surface area contributed by atoms with Crippen LogP contribution in [0.25, 0.3) is 0 Å². The Kier molecular flexibility index (Phi) is 6.29. The number of morpholine rings is 1. The summed E-state index contributed by atoms with van der Waals surface area (Å²) in [5.41, 5.74) is 2.22. The van der Waals surface area contributed by atoms with Crippen LogP contribution in [0.4, 0.5) is 0 Å². The molecule has 1 atom stereocenters. The SMILES string of the molecule is Cc1ccc(CNC(=O)[C@H]2CCCN(S(=O)(=O)N3CCOCC3)C2)cc1. The van der Waals surface area contributed by atoms with Gasteiger partial charge in [0.1, 0.15) is 0 Å². The second kappa shape index (κ2) is 8.47. The molecule has 0 unspecified atom stereocenters. The largest absolute Gasteiger partial charge is 0.379 e. The fourth-order valence-corrected chi connectivity index (χ4v) is 5.01. The molecule has 8 heteroatoms. The number of nitrogens with zero attached hydrogens (tertiary/aromatic N) is 2. The molecule has 3 rings (SSSR count). The summed E-state index contributed by atoms with van der Waals surface area (Å²) in [4.78, 5) is 12.5. The van der Waals surface area contributed by atoms with Crippen molar-refractivity contribution >= 4 is 16.1 Å². The molecule has 1 aromatic rings. The zero-order valence-electron chi connectivity index (χ0n) is 15.2. The monoisotopic (exact) mass is 381 g/mol. The first-order valence-electron chi connectivity index (χ1n) is 9.13. The van der Waals surface area contributed by atoms with Crippen LogP contribution in [-0.4, -0.2) is 62.3 Å². The van der Waals surface area contributed by atoms with Crippen LogP contribution in [0.2, 0.25) is 0 Å². The van der Waals surface area contributed by atoms with Crippen LogP contribution >= 0.6 is 0 Å². The lowest BCUT2D eigenvalue weighted by atomic mass is 9.98. The minimum Gasteiger partial charge on any atom is -0.379 e. The molecule has 2 aliphatic rings. The number of hydrogen-bond acceptors (Lipinski definition) is 4. The average Bonchev–Trinajstić information content (AvgIpc) is 2.68. The molecule has 1 aromatic carbocycles. The van der Waals surface area contributed by atoms with E-state index in [0.717, 1.165) is 12.0 Å².